The maximum atomic E-state index is 10.5. The Balaban J connectivity index is 1.96. The summed E-state index contributed by atoms with van der Waals surface area (Å²) in [6, 6.07) is 3.73. The molecule has 0 atom stereocenters. The second-order valence-electron chi connectivity index (χ2n) is 2.80. The zero-order valence-electron chi connectivity index (χ0n) is 7.91. The molecule has 6 heteroatoms. The largest absolute Gasteiger partial charge is 0.298 e. The standard InChI is InChI=1S/C10H6O2S4/c11-3-7-1-9(13-5-7)15-16-10-2-8(4-12)6-14-10/h1-6H. The molecule has 0 amide bonds. The number of aldehydes is 2. The topological polar surface area (TPSA) is 34.1 Å². The highest BCUT2D eigenvalue weighted by Crippen LogP contribution is 2.42. The lowest BCUT2D eigenvalue weighted by Gasteiger charge is -1.92. The third-order valence-corrected chi connectivity index (χ3v) is 6.84. The maximum absolute atomic E-state index is 10.5. The molecule has 2 rings (SSSR count). The van der Waals surface area contributed by atoms with Crippen molar-refractivity contribution < 1.29 is 9.59 Å². The summed E-state index contributed by atoms with van der Waals surface area (Å²) in [5, 5.41) is 3.67. The van der Waals surface area contributed by atoms with Crippen molar-refractivity contribution in [2.75, 3.05) is 0 Å². The van der Waals surface area contributed by atoms with E-state index in [-0.39, 0.29) is 0 Å². The number of hydrogen-bond donors (Lipinski definition) is 0. The molecule has 16 heavy (non-hydrogen) atoms. The number of hydrogen-bond acceptors (Lipinski definition) is 6. The molecule has 0 N–H and O–H groups in total. The fourth-order valence-corrected chi connectivity index (χ4v) is 5.35. The molecule has 0 spiro atoms. The molecular formula is C10H6O2S4. The molecule has 2 aromatic rings. The van der Waals surface area contributed by atoms with Crippen molar-refractivity contribution in [3.63, 3.8) is 0 Å². The Labute approximate surface area is 108 Å². The first-order chi connectivity index (χ1) is 7.81. The van der Waals surface area contributed by atoms with E-state index in [1.165, 1.54) is 0 Å². The average molecular weight is 286 g/mol. The summed E-state index contributed by atoms with van der Waals surface area (Å²) in [6.45, 7) is 0. The van der Waals surface area contributed by atoms with Crippen LogP contribution in [0.3, 0.4) is 0 Å². The van der Waals surface area contributed by atoms with E-state index in [1.54, 1.807) is 44.3 Å². The SMILES string of the molecule is O=Cc1csc(SSc2cc(C=O)cs2)c1. The molecule has 0 saturated heterocycles. The van der Waals surface area contributed by atoms with Gasteiger partial charge in [-0.2, -0.15) is 0 Å². The van der Waals surface area contributed by atoms with Crippen molar-refractivity contribution in [1.82, 2.24) is 0 Å². The van der Waals surface area contributed by atoms with E-state index in [4.69, 9.17) is 0 Å². The van der Waals surface area contributed by atoms with Crippen LogP contribution < -0.4 is 0 Å². The lowest BCUT2D eigenvalue weighted by molar-refractivity contribution is 0.111. The molecule has 0 fully saturated rings. The maximum Gasteiger partial charge on any atom is 0.150 e. The number of rotatable bonds is 5. The van der Waals surface area contributed by atoms with E-state index in [2.05, 4.69) is 0 Å². The zero-order valence-corrected chi connectivity index (χ0v) is 11.2. The van der Waals surface area contributed by atoms with Crippen molar-refractivity contribution in [3.8, 4) is 0 Å². The Morgan fingerprint density at radius 1 is 0.875 bits per heavy atom. The summed E-state index contributed by atoms with van der Waals surface area (Å²) in [6.07, 6.45) is 1.70. The molecule has 0 bridgehead atoms. The first kappa shape index (κ1) is 11.9. The summed E-state index contributed by atoms with van der Waals surface area (Å²) >= 11 is 3.10. The summed E-state index contributed by atoms with van der Waals surface area (Å²) in [4.78, 5) is 21.0. The Morgan fingerprint density at radius 2 is 1.31 bits per heavy atom. The molecule has 0 aliphatic carbocycles. The fraction of sp³-hybridized carbons (Fsp3) is 0. The van der Waals surface area contributed by atoms with Gasteiger partial charge in [0.2, 0.25) is 0 Å². The molecule has 0 unspecified atom stereocenters. The van der Waals surface area contributed by atoms with Gasteiger partial charge in [0.1, 0.15) is 0 Å². The van der Waals surface area contributed by atoms with Gasteiger partial charge >= 0.3 is 0 Å². The highest BCUT2D eigenvalue weighted by Gasteiger charge is 2.04. The van der Waals surface area contributed by atoms with E-state index in [0.29, 0.717) is 11.1 Å². The van der Waals surface area contributed by atoms with Gasteiger partial charge in [0.25, 0.3) is 0 Å². The molecule has 0 aromatic carbocycles. The van der Waals surface area contributed by atoms with Crippen LogP contribution in [0.15, 0.2) is 31.3 Å². The molecular weight excluding hydrogens is 280 g/mol. The van der Waals surface area contributed by atoms with Gasteiger partial charge < -0.3 is 0 Å². The molecule has 2 heterocycles. The first-order valence-electron chi connectivity index (χ1n) is 4.24. The van der Waals surface area contributed by atoms with Crippen LogP contribution in [-0.4, -0.2) is 12.6 Å². The van der Waals surface area contributed by atoms with E-state index < -0.39 is 0 Å². The lowest BCUT2D eigenvalue weighted by atomic mass is 10.4. The lowest BCUT2D eigenvalue weighted by Crippen LogP contribution is -1.67. The van der Waals surface area contributed by atoms with Gasteiger partial charge in [0.05, 0.1) is 8.42 Å². The smallest absolute Gasteiger partial charge is 0.150 e. The molecule has 82 valence electrons. The van der Waals surface area contributed by atoms with E-state index in [9.17, 15) is 9.59 Å². The summed E-state index contributed by atoms with van der Waals surface area (Å²) in [5.41, 5.74) is 1.43. The summed E-state index contributed by atoms with van der Waals surface area (Å²) < 4.78 is 2.18. The highest BCUT2D eigenvalue weighted by atomic mass is 33.1. The van der Waals surface area contributed by atoms with Crippen LogP contribution in [0.4, 0.5) is 0 Å². The van der Waals surface area contributed by atoms with Crippen LogP contribution >= 0.6 is 44.3 Å². The van der Waals surface area contributed by atoms with Crippen LogP contribution in [0.1, 0.15) is 20.7 Å². The molecule has 0 aliphatic heterocycles. The van der Waals surface area contributed by atoms with Gasteiger partial charge in [0.15, 0.2) is 12.6 Å². The van der Waals surface area contributed by atoms with Crippen molar-refractivity contribution >= 4 is 56.8 Å². The van der Waals surface area contributed by atoms with Gasteiger partial charge in [0, 0.05) is 21.9 Å². The third-order valence-electron chi connectivity index (χ3n) is 1.67. The van der Waals surface area contributed by atoms with Gasteiger partial charge in [-0.05, 0) is 33.7 Å². The van der Waals surface area contributed by atoms with Crippen LogP contribution in [-0.2, 0) is 0 Å². The average Bonchev–Trinajstić information content (AvgIpc) is 2.95. The Kier molecular flexibility index (Phi) is 4.22. The Bertz CT molecular complexity index is 454. The summed E-state index contributed by atoms with van der Waals surface area (Å²) in [5.74, 6) is 0. The van der Waals surface area contributed by atoms with Crippen molar-refractivity contribution in [1.29, 1.82) is 0 Å². The fourth-order valence-electron chi connectivity index (χ4n) is 0.954. The Morgan fingerprint density at radius 3 is 1.62 bits per heavy atom. The van der Waals surface area contributed by atoms with Gasteiger partial charge in [-0.3, -0.25) is 9.59 Å². The van der Waals surface area contributed by atoms with Crippen LogP contribution in [0, 0.1) is 0 Å². The minimum absolute atomic E-state index is 0.716. The quantitative estimate of drug-likeness (QED) is 0.608. The molecule has 2 aromatic heterocycles. The minimum Gasteiger partial charge on any atom is -0.298 e. The predicted octanol–water partition coefficient (Wildman–Crippen LogP) is 4.23. The van der Waals surface area contributed by atoms with E-state index >= 15 is 0 Å². The van der Waals surface area contributed by atoms with Crippen molar-refractivity contribution in [3.05, 3.63) is 34.0 Å². The van der Waals surface area contributed by atoms with E-state index in [1.807, 2.05) is 22.9 Å². The first-order valence-corrected chi connectivity index (χ1v) is 8.14. The second kappa shape index (κ2) is 5.67. The number of carbonyl (C=O) groups is 2. The van der Waals surface area contributed by atoms with Crippen LogP contribution in [0.2, 0.25) is 0 Å². The Hall–Kier alpha value is -0.560. The van der Waals surface area contributed by atoms with Crippen molar-refractivity contribution in [2.45, 2.75) is 8.42 Å². The normalized spacial score (nSPS) is 10.2. The number of carbonyl (C=O) groups excluding carboxylic acids is 2. The second-order valence-corrected chi connectivity index (χ2v) is 7.35. The molecule has 0 saturated carbocycles. The van der Waals surface area contributed by atoms with Gasteiger partial charge in [-0.25, -0.2) is 0 Å². The van der Waals surface area contributed by atoms with Crippen LogP contribution in [0.25, 0.3) is 0 Å². The molecule has 0 radical (unpaired) electrons. The highest BCUT2D eigenvalue weighted by molar-refractivity contribution is 8.77. The van der Waals surface area contributed by atoms with E-state index in [0.717, 1.165) is 21.0 Å². The predicted molar refractivity (Wildman–Crippen MR) is 71.1 cm³/mol. The molecule has 0 aliphatic rings. The summed E-state index contributed by atoms with van der Waals surface area (Å²) in [7, 11) is 3.21. The molecule has 2 nitrogen and oxygen atoms in total. The van der Waals surface area contributed by atoms with Crippen molar-refractivity contribution in [2.24, 2.45) is 0 Å². The van der Waals surface area contributed by atoms with Gasteiger partial charge in [-0.1, -0.05) is 0 Å². The van der Waals surface area contributed by atoms with Gasteiger partial charge in [-0.15, -0.1) is 22.7 Å². The third kappa shape index (κ3) is 2.98. The zero-order chi connectivity index (χ0) is 11.4. The number of thiophene rings is 2. The monoisotopic (exact) mass is 286 g/mol. The van der Waals surface area contributed by atoms with Crippen LogP contribution in [0.5, 0.6) is 0 Å². The minimum atomic E-state index is 0.716.